The second kappa shape index (κ2) is 10.4. The number of ketones is 1. The highest BCUT2D eigenvalue weighted by molar-refractivity contribution is 6.05. The highest BCUT2D eigenvalue weighted by atomic mass is 16.1. The van der Waals surface area contributed by atoms with Crippen molar-refractivity contribution < 1.29 is 4.79 Å². The predicted octanol–water partition coefficient (Wildman–Crippen LogP) is 5.77. The summed E-state index contributed by atoms with van der Waals surface area (Å²) in [4.78, 5) is 16.5. The van der Waals surface area contributed by atoms with Gasteiger partial charge in [0.05, 0.1) is 6.04 Å². The van der Waals surface area contributed by atoms with Gasteiger partial charge in [0.2, 0.25) is 0 Å². The van der Waals surface area contributed by atoms with Crippen LogP contribution in [0.5, 0.6) is 0 Å². The van der Waals surface area contributed by atoms with Crippen molar-refractivity contribution >= 4 is 17.9 Å². The van der Waals surface area contributed by atoms with Gasteiger partial charge in [-0.2, -0.15) is 0 Å². The van der Waals surface area contributed by atoms with Gasteiger partial charge >= 0.3 is 0 Å². The number of aromatic nitrogens is 1. The predicted molar refractivity (Wildman–Crippen MR) is 121 cm³/mol. The molecule has 0 saturated carbocycles. The maximum Gasteiger partial charge on any atom is 0.186 e. The van der Waals surface area contributed by atoms with E-state index in [1.165, 1.54) is 5.56 Å². The second-order valence-electron chi connectivity index (χ2n) is 6.89. The Kier molecular flexibility index (Phi) is 7.97. The maximum absolute atomic E-state index is 13.4. The average Bonchev–Trinajstić information content (AvgIpc) is 3.15. The molecule has 2 atom stereocenters. The lowest BCUT2D eigenvalue weighted by Crippen LogP contribution is -2.40. The average molecular weight is 375 g/mol. The van der Waals surface area contributed by atoms with Crippen LogP contribution in [0.4, 0.5) is 0 Å². The van der Waals surface area contributed by atoms with Gasteiger partial charge < -0.3 is 10.3 Å². The fourth-order valence-corrected chi connectivity index (χ4v) is 3.20. The van der Waals surface area contributed by atoms with E-state index in [4.69, 9.17) is 0 Å². The first-order chi connectivity index (χ1) is 13.5. The largest absolute Gasteiger partial charge is 0.360 e. The molecule has 0 fully saturated rings. The van der Waals surface area contributed by atoms with Crippen molar-refractivity contribution in [3.05, 3.63) is 95.9 Å². The highest BCUT2D eigenvalue weighted by Crippen LogP contribution is 2.21. The zero-order chi connectivity index (χ0) is 20.5. The Balaban J connectivity index is 2.29. The molecule has 146 valence electrons. The number of H-pyrrole nitrogens is 1. The van der Waals surface area contributed by atoms with Crippen LogP contribution in [0.15, 0.2) is 73.5 Å². The van der Waals surface area contributed by atoms with Crippen LogP contribution in [0.3, 0.4) is 0 Å². The number of carbonyl (C=O) groups excluding carboxylic acids is 1. The molecule has 1 aromatic carbocycles. The van der Waals surface area contributed by atoms with Gasteiger partial charge in [-0.05, 0) is 37.0 Å². The van der Waals surface area contributed by atoms with Crippen LogP contribution >= 0.6 is 0 Å². The minimum atomic E-state index is -0.408. The first-order valence-electron chi connectivity index (χ1n) is 9.61. The van der Waals surface area contributed by atoms with Crippen molar-refractivity contribution in [2.75, 3.05) is 6.54 Å². The van der Waals surface area contributed by atoms with Crippen LogP contribution in [-0.4, -0.2) is 23.4 Å². The van der Waals surface area contributed by atoms with Crippen molar-refractivity contribution in [1.82, 2.24) is 10.3 Å². The van der Waals surface area contributed by atoms with Gasteiger partial charge in [0.1, 0.15) is 0 Å². The van der Waals surface area contributed by atoms with E-state index < -0.39 is 6.04 Å². The summed E-state index contributed by atoms with van der Waals surface area (Å²) in [6, 6.07) is 9.92. The Bertz CT molecular complexity index is 871. The van der Waals surface area contributed by atoms with Crippen LogP contribution in [0.2, 0.25) is 0 Å². The summed E-state index contributed by atoms with van der Waals surface area (Å²) < 4.78 is 0. The second-order valence-corrected chi connectivity index (χ2v) is 6.89. The Hall–Kier alpha value is -2.91. The SMILES string of the molecule is C=Cc1[nH]cc(C(=O)[C@H](NCC(C)c2ccccc2)/C(C)=C/C=C\C)c1C=C. The van der Waals surface area contributed by atoms with Gasteiger partial charge in [-0.15, -0.1) is 0 Å². The lowest BCUT2D eigenvalue weighted by molar-refractivity contribution is 0.0958. The van der Waals surface area contributed by atoms with Gasteiger partial charge in [0, 0.05) is 29.6 Å². The van der Waals surface area contributed by atoms with E-state index in [1.54, 1.807) is 18.3 Å². The molecule has 1 unspecified atom stereocenters. The monoisotopic (exact) mass is 374 g/mol. The molecule has 0 radical (unpaired) electrons. The van der Waals surface area contributed by atoms with E-state index in [0.29, 0.717) is 18.0 Å². The topological polar surface area (TPSA) is 44.9 Å². The summed E-state index contributed by atoms with van der Waals surface area (Å²) >= 11 is 0. The van der Waals surface area contributed by atoms with Crippen LogP contribution < -0.4 is 5.32 Å². The molecular weight excluding hydrogens is 344 g/mol. The van der Waals surface area contributed by atoms with E-state index >= 15 is 0 Å². The molecule has 0 bridgehead atoms. The normalized spacial score (nSPS) is 14.0. The van der Waals surface area contributed by atoms with Gasteiger partial charge in [-0.3, -0.25) is 4.79 Å². The number of Topliss-reactive ketones (excluding diaryl/α,β-unsaturated/α-hetero) is 1. The number of nitrogens with one attached hydrogen (secondary N) is 2. The summed E-state index contributed by atoms with van der Waals surface area (Å²) in [5.74, 6) is 0.317. The lowest BCUT2D eigenvalue weighted by Gasteiger charge is -2.21. The number of aromatic amines is 1. The zero-order valence-corrected chi connectivity index (χ0v) is 17.0. The Morgan fingerprint density at radius 3 is 2.54 bits per heavy atom. The molecule has 2 aromatic rings. The quantitative estimate of drug-likeness (QED) is 0.410. The Morgan fingerprint density at radius 1 is 1.21 bits per heavy atom. The van der Waals surface area contributed by atoms with Gasteiger partial charge in [-0.25, -0.2) is 0 Å². The number of allylic oxidation sites excluding steroid dienone is 3. The van der Waals surface area contributed by atoms with Crippen molar-refractivity contribution in [2.24, 2.45) is 0 Å². The number of rotatable bonds is 10. The highest BCUT2D eigenvalue weighted by Gasteiger charge is 2.25. The molecule has 3 heteroatoms. The first-order valence-corrected chi connectivity index (χ1v) is 9.61. The third-order valence-electron chi connectivity index (χ3n) is 4.89. The fraction of sp³-hybridized carbons (Fsp3) is 0.240. The molecule has 0 saturated heterocycles. The smallest absolute Gasteiger partial charge is 0.186 e. The van der Waals surface area contributed by atoms with Crippen LogP contribution in [0, 0.1) is 0 Å². The standard InChI is InChI=1S/C25H30N2O/c1-6-9-13-18(4)24(27-16-19(5)20-14-11-10-12-15-20)25(28)22-17-26-23(8-3)21(22)7-2/h6-15,17,19,24,26-27H,2-3,16H2,1,4-5H3/b9-6-,18-13+/t19?,24-/m1/s1. The maximum atomic E-state index is 13.4. The third-order valence-corrected chi connectivity index (χ3v) is 4.89. The molecule has 28 heavy (non-hydrogen) atoms. The fourth-order valence-electron chi connectivity index (χ4n) is 3.20. The van der Waals surface area contributed by atoms with Crippen molar-refractivity contribution in [1.29, 1.82) is 0 Å². The molecule has 0 aliphatic carbocycles. The minimum Gasteiger partial charge on any atom is -0.360 e. The van der Waals surface area contributed by atoms with E-state index in [9.17, 15) is 4.79 Å². The molecule has 0 spiro atoms. The van der Waals surface area contributed by atoms with Crippen molar-refractivity contribution in [3.63, 3.8) is 0 Å². The van der Waals surface area contributed by atoms with Gasteiger partial charge in [0.15, 0.2) is 5.78 Å². The zero-order valence-electron chi connectivity index (χ0n) is 17.0. The molecule has 0 aliphatic heterocycles. The van der Waals surface area contributed by atoms with Crippen LogP contribution in [0.1, 0.15) is 53.9 Å². The van der Waals surface area contributed by atoms with Crippen LogP contribution in [0.25, 0.3) is 12.2 Å². The van der Waals surface area contributed by atoms with E-state index in [1.807, 2.05) is 50.3 Å². The Morgan fingerprint density at radius 2 is 1.93 bits per heavy atom. The molecule has 2 rings (SSSR count). The molecule has 0 amide bonds. The summed E-state index contributed by atoms with van der Waals surface area (Å²) in [7, 11) is 0. The molecule has 0 aliphatic rings. The molecule has 3 nitrogen and oxygen atoms in total. The lowest BCUT2D eigenvalue weighted by atomic mass is 9.94. The summed E-state index contributed by atoms with van der Waals surface area (Å²) in [5.41, 5.74) is 4.45. The Labute approximate surface area is 168 Å². The molecule has 1 heterocycles. The van der Waals surface area contributed by atoms with E-state index in [-0.39, 0.29) is 5.78 Å². The molecule has 2 N–H and O–H groups in total. The summed E-state index contributed by atoms with van der Waals surface area (Å²) in [6.07, 6.45) is 11.1. The van der Waals surface area contributed by atoms with Gasteiger partial charge in [-0.1, -0.05) is 74.7 Å². The van der Waals surface area contributed by atoms with Crippen molar-refractivity contribution in [2.45, 2.75) is 32.7 Å². The molecule has 1 aromatic heterocycles. The van der Waals surface area contributed by atoms with E-state index in [2.05, 4.69) is 42.5 Å². The summed E-state index contributed by atoms with van der Waals surface area (Å²) in [5, 5.41) is 3.48. The van der Waals surface area contributed by atoms with Crippen molar-refractivity contribution in [3.8, 4) is 0 Å². The number of benzene rings is 1. The number of hydrogen-bond donors (Lipinski definition) is 2. The van der Waals surface area contributed by atoms with Crippen LogP contribution in [-0.2, 0) is 0 Å². The molecular formula is C25H30N2O. The summed E-state index contributed by atoms with van der Waals surface area (Å²) in [6.45, 7) is 14.5. The first kappa shape index (κ1) is 21.4. The third kappa shape index (κ3) is 5.08. The van der Waals surface area contributed by atoms with E-state index in [0.717, 1.165) is 16.8 Å². The number of carbonyl (C=O) groups is 1. The van der Waals surface area contributed by atoms with Gasteiger partial charge in [0.25, 0.3) is 0 Å². The minimum absolute atomic E-state index is 0.0257. The number of hydrogen-bond acceptors (Lipinski definition) is 2.